The van der Waals surface area contributed by atoms with Crippen molar-refractivity contribution < 1.29 is 38.3 Å². The van der Waals surface area contributed by atoms with E-state index in [1.807, 2.05) is 0 Å². The van der Waals surface area contributed by atoms with E-state index >= 15 is 0 Å². The smallest absolute Gasteiger partial charge is 0.271 e. The number of fused-ring (bicyclic) bond motifs is 8. The number of benzene rings is 2. The highest BCUT2D eigenvalue weighted by atomic mass is 32.2. The molecular weight excluding hydrogens is 508 g/mol. The minimum absolute atomic E-state index is 0.00183. The first-order chi connectivity index (χ1) is 18.3. The summed E-state index contributed by atoms with van der Waals surface area (Å²) < 4.78 is 38.1. The van der Waals surface area contributed by atoms with Crippen molar-refractivity contribution in [3.8, 4) is 17.2 Å². The minimum atomic E-state index is -1.17. The van der Waals surface area contributed by atoms with Crippen LogP contribution in [-0.2, 0) is 25.4 Å². The number of ketones is 1. The van der Waals surface area contributed by atoms with Crippen molar-refractivity contribution in [2.45, 2.75) is 86.5 Å². The Balaban J connectivity index is 1.35. The number of methoxy groups -OCH3 is 2. The van der Waals surface area contributed by atoms with Crippen LogP contribution in [-0.4, -0.2) is 72.1 Å². The lowest BCUT2D eigenvalue weighted by Crippen LogP contribution is -2.61. The van der Waals surface area contributed by atoms with Crippen LogP contribution in [0.15, 0.2) is 6.07 Å². The second-order valence-corrected chi connectivity index (χ2v) is 12.7. The van der Waals surface area contributed by atoms with E-state index < -0.39 is 17.0 Å². The van der Waals surface area contributed by atoms with Gasteiger partial charge in [0.25, 0.3) is 5.79 Å². The van der Waals surface area contributed by atoms with Crippen LogP contribution in [0.3, 0.4) is 0 Å². The SMILES string of the molecule is COc1c2c(c(O)c3c4c(c(C)cc13)C1CCC3(CSC5OC5C)OC1[C@@](OC)(O4)[C@@]31CO1)C(=O)CCC2. The van der Waals surface area contributed by atoms with Gasteiger partial charge in [-0.1, -0.05) is 0 Å². The molecule has 5 aliphatic heterocycles. The molecule has 0 radical (unpaired) electrons. The van der Waals surface area contributed by atoms with Crippen LogP contribution >= 0.6 is 11.8 Å². The van der Waals surface area contributed by atoms with E-state index in [0.29, 0.717) is 41.9 Å². The maximum atomic E-state index is 13.1. The second-order valence-electron chi connectivity index (χ2n) is 11.7. The van der Waals surface area contributed by atoms with Gasteiger partial charge >= 0.3 is 0 Å². The summed E-state index contributed by atoms with van der Waals surface area (Å²) in [7, 11) is 3.28. The first-order valence-electron chi connectivity index (χ1n) is 13.6. The third-order valence-electron chi connectivity index (χ3n) is 9.88. The third kappa shape index (κ3) is 2.65. The largest absolute Gasteiger partial charge is 0.506 e. The number of thioether (sulfide) groups is 1. The Hall–Kier alpha value is -2.04. The summed E-state index contributed by atoms with van der Waals surface area (Å²) in [6, 6.07) is 2.07. The van der Waals surface area contributed by atoms with Crippen molar-refractivity contribution in [2.75, 3.05) is 26.6 Å². The standard InChI is InChI=1S/C29H32O8S/c1-13-10-17-21(22(31)20-15(23(17)32-3)6-5-7-18(20)30)24-19(13)16-8-9-27(12-38-26-14(2)35-26)28(11-34-28)29(33-4,36-24)25(16)37-27/h10,14,16,25-26,31H,5-9,11-12H2,1-4H3/t14?,16?,25?,26?,27?,28-,29-/m1/s1. The molecule has 38 heavy (non-hydrogen) atoms. The van der Waals surface area contributed by atoms with E-state index in [4.69, 9.17) is 28.4 Å². The summed E-state index contributed by atoms with van der Waals surface area (Å²) in [5, 5.41) is 13.0. The molecule has 6 aliphatic rings. The van der Waals surface area contributed by atoms with Gasteiger partial charge in [0.1, 0.15) is 34.4 Å². The Morgan fingerprint density at radius 3 is 2.74 bits per heavy atom. The molecule has 0 amide bonds. The van der Waals surface area contributed by atoms with E-state index in [0.717, 1.165) is 47.1 Å². The van der Waals surface area contributed by atoms with E-state index in [9.17, 15) is 9.90 Å². The maximum absolute atomic E-state index is 13.1. The lowest BCUT2D eigenvalue weighted by atomic mass is 9.77. The molecule has 8 rings (SSSR count). The van der Waals surface area contributed by atoms with Gasteiger partial charge in [0.15, 0.2) is 11.4 Å². The van der Waals surface area contributed by atoms with Gasteiger partial charge in [-0.15, -0.1) is 11.8 Å². The fourth-order valence-electron chi connectivity index (χ4n) is 7.99. The highest BCUT2D eigenvalue weighted by Crippen LogP contribution is 2.70. The second kappa shape index (κ2) is 7.57. The number of ether oxygens (including phenoxy) is 6. The highest BCUT2D eigenvalue weighted by molar-refractivity contribution is 8.00. The van der Waals surface area contributed by atoms with E-state index in [2.05, 4.69) is 19.9 Å². The summed E-state index contributed by atoms with van der Waals surface area (Å²) in [5.74, 6) is 0.675. The van der Waals surface area contributed by atoms with Crippen molar-refractivity contribution >= 4 is 28.3 Å². The minimum Gasteiger partial charge on any atom is -0.506 e. The number of hydrogen-bond donors (Lipinski definition) is 1. The van der Waals surface area contributed by atoms with E-state index in [-0.39, 0.29) is 35.1 Å². The summed E-state index contributed by atoms with van der Waals surface area (Å²) >= 11 is 1.77. The predicted octanol–water partition coefficient (Wildman–Crippen LogP) is 4.38. The molecule has 8 nitrogen and oxygen atoms in total. The van der Waals surface area contributed by atoms with Gasteiger partial charge in [-0.05, 0) is 51.2 Å². The summed E-state index contributed by atoms with van der Waals surface area (Å²) in [4.78, 5) is 13.1. The zero-order valence-electron chi connectivity index (χ0n) is 22.0. The molecule has 0 aromatic heterocycles. The van der Waals surface area contributed by atoms with Crippen molar-refractivity contribution in [1.82, 2.24) is 0 Å². The monoisotopic (exact) mass is 540 g/mol. The maximum Gasteiger partial charge on any atom is 0.271 e. The molecule has 2 aromatic carbocycles. The number of hydrogen-bond acceptors (Lipinski definition) is 9. The first kappa shape index (κ1) is 23.8. The van der Waals surface area contributed by atoms with Gasteiger partial charge in [0, 0.05) is 41.7 Å². The molecule has 5 unspecified atom stereocenters. The number of epoxide rings is 2. The van der Waals surface area contributed by atoms with Crippen LogP contribution in [0.4, 0.5) is 0 Å². The quantitative estimate of drug-likeness (QED) is 0.554. The molecule has 1 spiro atoms. The lowest BCUT2D eigenvalue weighted by molar-refractivity contribution is -0.231. The number of phenols is 1. The highest BCUT2D eigenvalue weighted by Gasteiger charge is 2.86. The van der Waals surface area contributed by atoms with Crippen LogP contribution in [0.5, 0.6) is 17.2 Å². The Labute approximate surface area is 225 Å². The zero-order chi connectivity index (χ0) is 26.2. The molecule has 202 valence electrons. The normalized spacial score (nSPS) is 39.6. The van der Waals surface area contributed by atoms with Crippen LogP contribution < -0.4 is 9.47 Å². The lowest BCUT2D eigenvalue weighted by Gasteiger charge is -2.44. The molecule has 2 bridgehead atoms. The van der Waals surface area contributed by atoms with Gasteiger partial charge < -0.3 is 33.5 Å². The Morgan fingerprint density at radius 2 is 2.05 bits per heavy atom. The predicted molar refractivity (Wildman–Crippen MR) is 140 cm³/mol. The number of Topliss-reactive ketones (excluding diaryl/α,β-unsaturated/α-hetero) is 1. The van der Waals surface area contributed by atoms with E-state index in [1.165, 1.54) is 0 Å². The number of carbonyl (C=O) groups excluding carboxylic acids is 1. The molecule has 5 heterocycles. The van der Waals surface area contributed by atoms with Gasteiger partial charge in [-0.3, -0.25) is 4.79 Å². The Morgan fingerprint density at radius 1 is 1.26 bits per heavy atom. The third-order valence-corrected chi connectivity index (χ3v) is 11.3. The Bertz CT molecular complexity index is 1420. The molecule has 9 heteroatoms. The first-order valence-corrected chi connectivity index (χ1v) is 14.6. The van der Waals surface area contributed by atoms with Gasteiger partial charge in [-0.25, -0.2) is 0 Å². The average molecular weight is 541 g/mol. The van der Waals surface area contributed by atoms with Gasteiger partial charge in [0.05, 0.1) is 30.8 Å². The molecule has 0 saturated carbocycles. The van der Waals surface area contributed by atoms with Crippen molar-refractivity contribution in [2.24, 2.45) is 0 Å². The van der Waals surface area contributed by atoms with Crippen molar-refractivity contribution in [3.05, 3.63) is 28.3 Å². The van der Waals surface area contributed by atoms with Gasteiger partial charge in [-0.2, -0.15) is 0 Å². The fraction of sp³-hybridized carbons (Fsp3) is 0.621. The fourth-order valence-corrected chi connectivity index (χ4v) is 9.39. The molecule has 1 N–H and O–H groups in total. The molecule has 2 aromatic rings. The summed E-state index contributed by atoms with van der Waals surface area (Å²) in [6.45, 7) is 4.64. The van der Waals surface area contributed by atoms with Crippen LogP contribution in [0.1, 0.15) is 65.6 Å². The van der Waals surface area contributed by atoms with Crippen molar-refractivity contribution in [3.63, 3.8) is 0 Å². The van der Waals surface area contributed by atoms with Crippen molar-refractivity contribution in [1.29, 1.82) is 0 Å². The molecular formula is C29H32O8S. The van der Waals surface area contributed by atoms with Crippen LogP contribution in [0.2, 0.25) is 0 Å². The number of aryl methyl sites for hydroxylation is 1. The summed E-state index contributed by atoms with van der Waals surface area (Å²) in [5.41, 5.74) is 2.07. The van der Waals surface area contributed by atoms with Gasteiger partial charge in [0.2, 0.25) is 0 Å². The number of aromatic hydroxyl groups is 1. The van der Waals surface area contributed by atoms with Crippen LogP contribution in [0, 0.1) is 6.92 Å². The van der Waals surface area contributed by atoms with E-state index in [1.54, 1.807) is 26.0 Å². The topological polar surface area (TPSA) is 99.3 Å². The number of carbonyl (C=O) groups is 1. The molecule has 1 aliphatic carbocycles. The molecule has 4 fully saturated rings. The molecule has 7 atom stereocenters. The summed E-state index contributed by atoms with van der Waals surface area (Å²) in [6.07, 6.45) is 3.43. The number of phenolic OH excluding ortho intramolecular Hbond substituents is 1. The number of rotatable bonds is 5. The average Bonchev–Trinajstić information content (AvgIpc) is 3.83. The Kier molecular flexibility index (Phi) is 4.75. The molecule has 4 saturated heterocycles. The van der Waals surface area contributed by atoms with Crippen LogP contribution in [0.25, 0.3) is 10.8 Å². The zero-order valence-corrected chi connectivity index (χ0v) is 22.9.